The smallest absolute Gasteiger partial charge is 0.266 e. The minimum Gasteiger partial charge on any atom is -0.379 e. The van der Waals surface area contributed by atoms with Gasteiger partial charge in [0.1, 0.15) is 4.32 Å². The van der Waals surface area contributed by atoms with Crippen LogP contribution in [-0.2, 0) is 9.53 Å². The van der Waals surface area contributed by atoms with Crippen LogP contribution < -0.4 is 0 Å². The van der Waals surface area contributed by atoms with E-state index >= 15 is 0 Å². The third-order valence-corrected chi connectivity index (χ3v) is 6.13. The lowest BCUT2D eigenvalue weighted by atomic mass is 10.3. The predicted octanol–water partition coefficient (Wildman–Crippen LogP) is 2.80. The highest BCUT2D eigenvalue weighted by Crippen LogP contribution is 2.32. The maximum Gasteiger partial charge on any atom is 0.266 e. The van der Waals surface area contributed by atoms with E-state index in [0.29, 0.717) is 15.8 Å². The number of amides is 1. The van der Waals surface area contributed by atoms with Crippen LogP contribution in [0.4, 0.5) is 0 Å². The van der Waals surface area contributed by atoms with E-state index in [1.165, 1.54) is 11.8 Å². The summed E-state index contributed by atoms with van der Waals surface area (Å²) in [5.74, 6) is -0.00978. The van der Waals surface area contributed by atoms with E-state index < -0.39 is 0 Å². The molecule has 0 radical (unpaired) electrons. The Hall–Kier alpha value is -2.00. The van der Waals surface area contributed by atoms with Crippen molar-refractivity contribution in [2.45, 2.75) is 6.42 Å². The number of nitrogens with zero attached hydrogens (tertiary/aromatic N) is 4. The van der Waals surface area contributed by atoms with Gasteiger partial charge in [-0.2, -0.15) is 5.10 Å². The summed E-state index contributed by atoms with van der Waals surface area (Å²) in [5, 5.41) is 4.38. The highest BCUT2D eigenvalue weighted by Gasteiger charge is 2.31. The minimum atomic E-state index is -0.00978. The fourth-order valence-electron chi connectivity index (χ4n) is 3.25. The van der Waals surface area contributed by atoms with Crippen molar-refractivity contribution in [2.24, 2.45) is 0 Å². The first-order chi connectivity index (χ1) is 13.7. The van der Waals surface area contributed by atoms with Crippen molar-refractivity contribution in [3.05, 3.63) is 53.2 Å². The first kappa shape index (κ1) is 19.3. The van der Waals surface area contributed by atoms with Gasteiger partial charge in [0, 0.05) is 37.9 Å². The van der Waals surface area contributed by atoms with Crippen molar-refractivity contribution in [3.8, 4) is 5.69 Å². The summed E-state index contributed by atoms with van der Waals surface area (Å²) in [6, 6.07) is 9.89. The summed E-state index contributed by atoms with van der Waals surface area (Å²) < 4.78 is 7.80. The van der Waals surface area contributed by atoms with E-state index in [9.17, 15) is 4.79 Å². The molecule has 0 unspecified atom stereocenters. The second-order valence-corrected chi connectivity index (χ2v) is 8.37. The van der Waals surface area contributed by atoms with Crippen molar-refractivity contribution in [2.75, 3.05) is 39.4 Å². The highest BCUT2D eigenvalue weighted by atomic mass is 32.2. The van der Waals surface area contributed by atoms with Crippen molar-refractivity contribution in [1.29, 1.82) is 0 Å². The molecule has 8 heteroatoms. The molecule has 2 aliphatic rings. The van der Waals surface area contributed by atoms with Gasteiger partial charge in [-0.15, -0.1) is 0 Å². The van der Waals surface area contributed by atoms with Crippen LogP contribution in [-0.4, -0.2) is 69.2 Å². The van der Waals surface area contributed by atoms with Gasteiger partial charge in [0.2, 0.25) is 0 Å². The number of ether oxygens (including phenoxy) is 1. The van der Waals surface area contributed by atoms with Gasteiger partial charge in [0.05, 0.1) is 30.0 Å². The predicted molar refractivity (Wildman–Crippen MR) is 115 cm³/mol. The van der Waals surface area contributed by atoms with Crippen molar-refractivity contribution < 1.29 is 9.53 Å². The van der Waals surface area contributed by atoms with Crippen LogP contribution in [0.1, 0.15) is 12.0 Å². The summed E-state index contributed by atoms with van der Waals surface area (Å²) >= 11 is 6.80. The Morgan fingerprint density at radius 2 is 1.96 bits per heavy atom. The zero-order chi connectivity index (χ0) is 19.3. The average molecular weight is 415 g/mol. The van der Waals surface area contributed by atoms with Crippen LogP contribution in [0.5, 0.6) is 0 Å². The molecular weight excluding hydrogens is 392 g/mol. The van der Waals surface area contributed by atoms with E-state index in [2.05, 4.69) is 10.00 Å². The van der Waals surface area contributed by atoms with Crippen LogP contribution in [0.3, 0.4) is 0 Å². The summed E-state index contributed by atoms with van der Waals surface area (Å²) in [6.45, 7) is 5.13. The van der Waals surface area contributed by atoms with E-state index in [-0.39, 0.29) is 5.91 Å². The second kappa shape index (κ2) is 9.00. The maximum absolute atomic E-state index is 12.8. The molecule has 146 valence electrons. The molecule has 1 amide bonds. The molecule has 0 atom stereocenters. The summed E-state index contributed by atoms with van der Waals surface area (Å²) in [6.07, 6.45) is 6.46. The summed E-state index contributed by atoms with van der Waals surface area (Å²) in [7, 11) is 0. The molecular formula is C20H22N4O2S2. The largest absolute Gasteiger partial charge is 0.379 e. The summed E-state index contributed by atoms with van der Waals surface area (Å²) in [4.78, 5) is 17.5. The lowest BCUT2D eigenvalue weighted by Crippen LogP contribution is -2.38. The number of thioether (sulfide) groups is 1. The topological polar surface area (TPSA) is 50.6 Å². The van der Waals surface area contributed by atoms with Gasteiger partial charge >= 0.3 is 0 Å². The van der Waals surface area contributed by atoms with E-state index in [1.54, 1.807) is 15.8 Å². The molecule has 6 nitrogen and oxygen atoms in total. The second-order valence-electron chi connectivity index (χ2n) is 6.69. The molecule has 4 rings (SSSR count). The summed E-state index contributed by atoms with van der Waals surface area (Å²) in [5.41, 5.74) is 1.87. The highest BCUT2D eigenvalue weighted by molar-refractivity contribution is 8.26. The van der Waals surface area contributed by atoms with E-state index in [1.807, 2.05) is 42.6 Å². The molecule has 0 saturated carbocycles. The van der Waals surface area contributed by atoms with Gasteiger partial charge in [0.25, 0.3) is 5.91 Å². The first-order valence-corrected chi connectivity index (χ1v) is 10.6. The Labute approximate surface area is 174 Å². The first-order valence-electron chi connectivity index (χ1n) is 9.36. The van der Waals surface area contributed by atoms with Gasteiger partial charge in [-0.1, -0.05) is 42.2 Å². The van der Waals surface area contributed by atoms with Gasteiger partial charge in [-0.25, -0.2) is 4.68 Å². The molecule has 1 aromatic carbocycles. The van der Waals surface area contributed by atoms with Crippen LogP contribution in [0.25, 0.3) is 11.8 Å². The molecule has 0 aliphatic carbocycles. The van der Waals surface area contributed by atoms with Gasteiger partial charge in [-0.05, 0) is 24.6 Å². The molecule has 2 saturated heterocycles. The quantitative estimate of drug-likeness (QED) is 0.535. The SMILES string of the molecule is O=C1C(=Cc2cnn(-c3ccccc3)c2)SC(=S)N1CCCN1CCOCC1. The fraction of sp³-hybridized carbons (Fsp3) is 0.350. The number of hydrogen-bond acceptors (Lipinski definition) is 6. The van der Waals surface area contributed by atoms with Crippen LogP contribution in [0, 0.1) is 0 Å². The Kier molecular flexibility index (Phi) is 6.21. The molecule has 3 heterocycles. The van der Waals surface area contributed by atoms with E-state index in [4.69, 9.17) is 17.0 Å². The number of carbonyl (C=O) groups is 1. The normalized spacial score (nSPS) is 19.7. The Morgan fingerprint density at radius 1 is 1.18 bits per heavy atom. The zero-order valence-corrected chi connectivity index (χ0v) is 17.1. The number of aromatic nitrogens is 2. The van der Waals surface area contributed by atoms with Crippen LogP contribution in [0.2, 0.25) is 0 Å². The van der Waals surface area contributed by atoms with Crippen molar-refractivity contribution in [3.63, 3.8) is 0 Å². The number of para-hydroxylation sites is 1. The molecule has 2 fully saturated rings. The number of carbonyl (C=O) groups excluding carboxylic acids is 1. The lowest BCUT2D eigenvalue weighted by molar-refractivity contribution is -0.122. The number of morpholine rings is 1. The van der Waals surface area contributed by atoms with Crippen LogP contribution in [0.15, 0.2) is 47.6 Å². The minimum absolute atomic E-state index is 0.00978. The monoisotopic (exact) mass is 414 g/mol. The molecule has 0 spiro atoms. The number of rotatable bonds is 6. The molecule has 0 N–H and O–H groups in total. The molecule has 28 heavy (non-hydrogen) atoms. The fourth-order valence-corrected chi connectivity index (χ4v) is 4.56. The Morgan fingerprint density at radius 3 is 2.75 bits per heavy atom. The van der Waals surface area contributed by atoms with E-state index in [0.717, 1.165) is 50.5 Å². The Bertz CT molecular complexity index is 875. The average Bonchev–Trinajstić information content (AvgIpc) is 3.30. The number of hydrogen-bond donors (Lipinski definition) is 0. The van der Waals surface area contributed by atoms with Gasteiger partial charge in [0.15, 0.2) is 0 Å². The number of benzene rings is 1. The van der Waals surface area contributed by atoms with Crippen molar-refractivity contribution >= 4 is 40.3 Å². The van der Waals surface area contributed by atoms with Gasteiger partial charge < -0.3 is 4.74 Å². The maximum atomic E-state index is 12.8. The molecule has 1 aromatic heterocycles. The Balaban J connectivity index is 1.37. The van der Waals surface area contributed by atoms with Crippen LogP contribution >= 0.6 is 24.0 Å². The number of thiocarbonyl (C=S) groups is 1. The molecule has 2 aliphatic heterocycles. The van der Waals surface area contributed by atoms with Gasteiger partial charge in [-0.3, -0.25) is 14.6 Å². The standard InChI is InChI=1S/C20H22N4O2S2/c25-19-18(13-16-14-21-24(15-16)17-5-2-1-3-6-17)28-20(27)23(19)8-4-7-22-9-11-26-12-10-22/h1-3,5-6,13-15H,4,7-12H2. The molecule has 0 bridgehead atoms. The molecule has 2 aromatic rings. The third kappa shape index (κ3) is 4.52. The third-order valence-electron chi connectivity index (χ3n) is 4.75. The van der Waals surface area contributed by atoms with Crippen molar-refractivity contribution in [1.82, 2.24) is 19.6 Å². The lowest BCUT2D eigenvalue weighted by Gasteiger charge is -2.27. The zero-order valence-electron chi connectivity index (χ0n) is 15.5.